The van der Waals surface area contributed by atoms with Crippen LogP contribution in [0.3, 0.4) is 0 Å². The van der Waals surface area contributed by atoms with Gasteiger partial charge in [0.1, 0.15) is 17.8 Å². The molecule has 0 aliphatic carbocycles. The number of aromatic nitrogens is 1. The van der Waals surface area contributed by atoms with Gasteiger partial charge < -0.3 is 29.7 Å². The van der Waals surface area contributed by atoms with Crippen LogP contribution in [0.1, 0.15) is 70.2 Å². The van der Waals surface area contributed by atoms with Gasteiger partial charge in [-0.15, -0.1) is 0 Å². The number of hydrogen-bond acceptors (Lipinski definition) is 8. The number of nitrogens with zero attached hydrogens (tertiary/aromatic N) is 4. The molecular formula is C50H65F3N6O7SSi. The number of likely N-dealkylation sites (tertiary alicyclic amines) is 1. The zero-order valence-electron chi connectivity index (χ0n) is 39.9. The molecule has 2 N–H and O–H groups in total. The minimum Gasteiger partial charge on any atom is -0.450 e. The number of amides is 6. The molecule has 68 heavy (non-hydrogen) atoms. The van der Waals surface area contributed by atoms with Crippen molar-refractivity contribution in [3.63, 3.8) is 0 Å². The lowest BCUT2D eigenvalue weighted by Crippen LogP contribution is -2.62. The summed E-state index contributed by atoms with van der Waals surface area (Å²) in [5.41, 5.74) is 0.691. The largest absolute Gasteiger partial charge is 0.450 e. The molecule has 368 valence electrons. The van der Waals surface area contributed by atoms with Crippen molar-refractivity contribution in [3.05, 3.63) is 95.8 Å². The van der Waals surface area contributed by atoms with Crippen LogP contribution in [-0.2, 0) is 35.3 Å². The second kappa shape index (κ2) is 22.8. The molecule has 13 nitrogen and oxygen atoms in total. The molecule has 2 unspecified atom stereocenters. The number of thioether (sulfide) groups is 1. The predicted octanol–water partition coefficient (Wildman–Crippen LogP) is 7.73. The summed E-state index contributed by atoms with van der Waals surface area (Å²) < 4.78 is 55.7. The molecule has 6 amide bonds. The SMILES string of the molecule is CC(C)(C)[C@H](c1cc(-c2cc(F)ccc2F)cn1Cc1ccccc1)N1C(=O)CSCCC(=O)NCCNC(=O)CCCCC(N2C(=O)C=CC2=O)C1[C@H]1CN(C(=O)OCC[Si](C)(C)C)C[C@@H]1F. The van der Waals surface area contributed by atoms with Crippen LogP contribution in [-0.4, -0.2) is 126 Å². The highest BCUT2D eigenvalue weighted by molar-refractivity contribution is 7.99. The molecule has 0 saturated carbocycles. The maximum Gasteiger partial charge on any atom is 0.409 e. The van der Waals surface area contributed by atoms with Crippen LogP contribution in [0.15, 0.2) is 72.9 Å². The smallest absolute Gasteiger partial charge is 0.409 e. The number of imide groups is 1. The third kappa shape index (κ3) is 13.4. The lowest BCUT2D eigenvalue weighted by atomic mass is 9.78. The van der Waals surface area contributed by atoms with Gasteiger partial charge in [0.05, 0.1) is 37.0 Å². The zero-order chi connectivity index (χ0) is 49.3. The van der Waals surface area contributed by atoms with Crippen molar-refractivity contribution >= 4 is 55.5 Å². The Kier molecular flexibility index (Phi) is 17.5. The predicted molar refractivity (Wildman–Crippen MR) is 259 cm³/mol. The van der Waals surface area contributed by atoms with Gasteiger partial charge >= 0.3 is 6.09 Å². The molecule has 6 rings (SSSR count). The number of hydrogen-bond donors (Lipinski definition) is 2. The highest BCUT2D eigenvalue weighted by Crippen LogP contribution is 2.46. The minimum absolute atomic E-state index is 0.0220. The molecule has 3 aliphatic rings. The van der Waals surface area contributed by atoms with Gasteiger partial charge in [0.25, 0.3) is 11.8 Å². The van der Waals surface area contributed by atoms with Crippen molar-refractivity contribution in [2.45, 2.75) is 109 Å². The van der Waals surface area contributed by atoms with Gasteiger partial charge in [-0.05, 0) is 54.1 Å². The number of ether oxygens (including phenoxy) is 1. The van der Waals surface area contributed by atoms with Crippen molar-refractivity contribution in [2.75, 3.05) is 44.3 Å². The van der Waals surface area contributed by atoms with E-state index in [0.717, 1.165) is 40.8 Å². The number of carbonyl (C=O) groups is 6. The summed E-state index contributed by atoms with van der Waals surface area (Å²) in [7, 11) is -1.62. The quantitative estimate of drug-likeness (QED) is 0.155. The van der Waals surface area contributed by atoms with Gasteiger partial charge in [-0.3, -0.25) is 28.9 Å². The van der Waals surface area contributed by atoms with Crippen LogP contribution in [0.25, 0.3) is 11.1 Å². The van der Waals surface area contributed by atoms with Crippen LogP contribution in [0.2, 0.25) is 25.7 Å². The van der Waals surface area contributed by atoms with E-state index in [2.05, 4.69) is 30.3 Å². The van der Waals surface area contributed by atoms with Crippen LogP contribution in [0.5, 0.6) is 0 Å². The average molecular weight is 979 g/mol. The fraction of sp³-hybridized carbons (Fsp3) is 0.520. The third-order valence-corrected chi connectivity index (χ3v) is 15.3. The van der Waals surface area contributed by atoms with E-state index in [9.17, 15) is 28.4 Å². The Morgan fingerprint density at radius 1 is 0.897 bits per heavy atom. The first kappa shape index (κ1) is 52.0. The Hall–Kier alpha value is -5.36. The molecule has 4 heterocycles. The van der Waals surface area contributed by atoms with Gasteiger partial charge in [-0.25, -0.2) is 18.0 Å². The lowest BCUT2D eigenvalue weighted by Gasteiger charge is -2.50. The molecule has 2 fully saturated rings. The van der Waals surface area contributed by atoms with Gasteiger partial charge in [0.2, 0.25) is 17.7 Å². The molecule has 0 bridgehead atoms. The van der Waals surface area contributed by atoms with Crippen LogP contribution in [0, 0.1) is 23.0 Å². The zero-order valence-corrected chi connectivity index (χ0v) is 41.7. The molecule has 18 heteroatoms. The van der Waals surface area contributed by atoms with Gasteiger partial charge in [-0.1, -0.05) is 77.2 Å². The summed E-state index contributed by atoms with van der Waals surface area (Å²) in [5.74, 6) is -4.84. The molecule has 2 aromatic carbocycles. The normalized spacial score (nSPS) is 22.5. The highest BCUT2D eigenvalue weighted by Gasteiger charge is 2.53. The number of benzene rings is 2. The summed E-state index contributed by atoms with van der Waals surface area (Å²) >= 11 is 1.19. The number of nitrogens with one attached hydrogen (secondary N) is 2. The Bertz CT molecular complexity index is 2320. The molecular weight excluding hydrogens is 914 g/mol. The minimum atomic E-state index is -1.77. The third-order valence-electron chi connectivity index (χ3n) is 12.6. The number of alkyl halides is 1. The summed E-state index contributed by atoms with van der Waals surface area (Å²) in [6.07, 6.45) is 2.26. The van der Waals surface area contributed by atoms with E-state index >= 15 is 13.6 Å². The molecule has 0 spiro atoms. The van der Waals surface area contributed by atoms with Crippen molar-refractivity contribution in [1.82, 2.24) is 29.9 Å². The fourth-order valence-corrected chi connectivity index (χ4v) is 10.8. The fourth-order valence-electron chi connectivity index (χ4n) is 9.31. The monoisotopic (exact) mass is 978 g/mol. The summed E-state index contributed by atoms with van der Waals surface area (Å²) in [5, 5.41) is 5.60. The maximum atomic E-state index is 17.5. The molecule has 0 radical (unpaired) electrons. The average Bonchev–Trinajstić information content (AvgIpc) is 3.96. The maximum absolute atomic E-state index is 17.5. The summed E-state index contributed by atoms with van der Waals surface area (Å²) in [4.78, 5) is 87.1. The number of rotatable bonds is 10. The van der Waals surface area contributed by atoms with Crippen molar-refractivity contribution in [2.24, 2.45) is 11.3 Å². The molecule has 2 saturated heterocycles. The lowest BCUT2D eigenvalue weighted by molar-refractivity contribution is -0.151. The number of halogens is 3. The number of carbonyl (C=O) groups excluding carboxylic acids is 6. The summed E-state index contributed by atoms with van der Waals surface area (Å²) in [6, 6.07) is 11.5. The first-order valence-electron chi connectivity index (χ1n) is 23.4. The molecule has 3 aromatic rings. The van der Waals surface area contributed by atoms with Gasteiger partial charge in [0.15, 0.2) is 0 Å². The first-order valence-corrected chi connectivity index (χ1v) is 28.3. The Labute approximate surface area is 402 Å². The topological polar surface area (TPSA) is 150 Å². The second-order valence-electron chi connectivity index (χ2n) is 20.2. The Morgan fingerprint density at radius 2 is 1.57 bits per heavy atom. The molecule has 3 aliphatic heterocycles. The highest BCUT2D eigenvalue weighted by atomic mass is 32.2. The standard InChI is InChI=1S/C50H65F3N6O7SSi/c1-50(2,3)48(41-26-34(36-27-35(51)16-17-38(36)52)29-56(41)28-33-12-8-7-9-13-33)59-46(64)32-67-24-20-43(61)55-22-21-54-42(60)15-11-10-14-40(58-44(62)18-19-45(58)63)47(59)37-30-57(31-39(37)53)49(65)66-23-25-68(4,5)6/h7-9,12-13,16-19,26-27,29,37,39-40,47-48H,10-11,14-15,20-25,28,30-32H2,1-6H3,(H,54,60)(H,55,61)/t37-,39-,40?,47?,48-/m0/s1. The van der Waals surface area contributed by atoms with Crippen molar-refractivity contribution < 1.29 is 46.7 Å². The van der Waals surface area contributed by atoms with E-state index in [0.29, 0.717) is 23.7 Å². The van der Waals surface area contributed by atoms with E-state index in [1.165, 1.54) is 16.7 Å². The van der Waals surface area contributed by atoms with E-state index in [1.54, 1.807) is 17.2 Å². The van der Waals surface area contributed by atoms with E-state index in [-0.39, 0.29) is 93.9 Å². The summed E-state index contributed by atoms with van der Waals surface area (Å²) in [6.45, 7) is 12.3. The van der Waals surface area contributed by atoms with E-state index < -0.39 is 79.2 Å². The van der Waals surface area contributed by atoms with Crippen LogP contribution in [0.4, 0.5) is 18.0 Å². The Balaban J connectivity index is 1.58. The van der Waals surface area contributed by atoms with Gasteiger partial charge in [-0.2, -0.15) is 11.8 Å². The first-order chi connectivity index (χ1) is 32.2. The van der Waals surface area contributed by atoms with Crippen molar-refractivity contribution in [1.29, 1.82) is 0 Å². The molecule has 5 atom stereocenters. The van der Waals surface area contributed by atoms with E-state index in [1.807, 2.05) is 55.7 Å². The van der Waals surface area contributed by atoms with Crippen molar-refractivity contribution in [3.8, 4) is 11.1 Å². The second-order valence-corrected chi connectivity index (χ2v) is 26.9. The molecule has 1 aromatic heterocycles. The van der Waals surface area contributed by atoms with Gasteiger partial charge in [0, 0.05) is 93.9 Å². The van der Waals surface area contributed by atoms with E-state index in [4.69, 9.17) is 4.74 Å². The van der Waals surface area contributed by atoms with Crippen LogP contribution < -0.4 is 10.6 Å². The Morgan fingerprint density at radius 3 is 2.24 bits per heavy atom. The van der Waals surface area contributed by atoms with Crippen LogP contribution >= 0.6 is 11.8 Å².